The van der Waals surface area contributed by atoms with Gasteiger partial charge in [-0.15, -0.1) is 11.8 Å². The topological polar surface area (TPSA) is 46.5 Å². The predicted molar refractivity (Wildman–Crippen MR) is 67.8 cm³/mol. The maximum absolute atomic E-state index is 10.7. The molecule has 2 rings (SSSR count). The molecule has 0 bridgehead atoms. The van der Waals surface area contributed by atoms with Crippen LogP contribution in [-0.4, -0.2) is 22.9 Å². The average molecular weight is 252 g/mol. The molecule has 0 spiro atoms. The number of benzene rings is 1. The van der Waals surface area contributed by atoms with E-state index in [1.807, 2.05) is 12.1 Å². The van der Waals surface area contributed by atoms with Gasteiger partial charge in [-0.25, -0.2) is 0 Å². The van der Waals surface area contributed by atoms with Gasteiger partial charge in [0.2, 0.25) is 0 Å². The first-order valence-corrected chi connectivity index (χ1v) is 6.82. The Morgan fingerprint density at radius 2 is 2.41 bits per heavy atom. The van der Waals surface area contributed by atoms with Crippen LogP contribution >= 0.6 is 11.8 Å². The van der Waals surface area contributed by atoms with Gasteiger partial charge < -0.3 is 9.84 Å². The second-order valence-corrected chi connectivity index (χ2v) is 5.36. The lowest BCUT2D eigenvalue weighted by Crippen LogP contribution is -2.25. The maximum atomic E-state index is 10.7. The molecule has 1 aliphatic rings. The van der Waals surface area contributed by atoms with Crippen LogP contribution in [0.3, 0.4) is 0 Å². The molecule has 0 saturated heterocycles. The number of para-hydroxylation sites is 1. The number of aliphatic carboxylic acids is 1. The average Bonchev–Trinajstić information content (AvgIpc) is 2.29. The molecule has 0 radical (unpaired) electrons. The Kier molecular flexibility index (Phi) is 3.94. The van der Waals surface area contributed by atoms with Crippen molar-refractivity contribution in [3.63, 3.8) is 0 Å². The normalized spacial score (nSPS) is 18.3. The number of carbonyl (C=O) groups is 1. The van der Waals surface area contributed by atoms with E-state index < -0.39 is 5.97 Å². The molecule has 1 aliphatic heterocycles. The molecular weight excluding hydrogens is 236 g/mol. The molecule has 0 aromatic heterocycles. The predicted octanol–water partition coefficient (Wildman–Crippen LogP) is 2.97. The van der Waals surface area contributed by atoms with Crippen LogP contribution in [-0.2, 0) is 11.2 Å². The number of hydrogen-bond donors (Lipinski definition) is 1. The molecule has 1 unspecified atom stereocenters. The molecule has 1 atom stereocenters. The number of carboxylic acid groups (broad SMARTS) is 1. The quantitative estimate of drug-likeness (QED) is 0.837. The highest BCUT2D eigenvalue weighted by atomic mass is 32.2. The van der Waals surface area contributed by atoms with Crippen LogP contribution in [0.25, 0.3) is 0 Å². The van der Waals surface area contributed by atoms with Crippen molar-refractivity contribution in [2.24, 2.45) is 0 Å². The number of carboxylic acids is 1. The van der Waals surface area contributed by atoms with Crippen LogP contribution in [0.15, 0.2) is 23.1 Å². The van der Waals surface area contributed by atoms with E-state index in [4.69, 9.17) is 9.84 Å². The van der Waals surface area contributed by atoms with Crippen molar-refractivity contribution >= 4 is 17.7 Å². The van der Waals surface area contributed by atoms with Crippen molar-refractivity contribution in [3.8, 4) is 5.75 Å². The third kappa shape index (κ3) is 2.94. The minimum absolute atomic E-state index is 0.0879. The Morgan fingerprint density at radius 3 is 3.12 bits per heavy atom. The molecule has 0 fully saturated rings. The summed E-state index contributed by atoms with van der Waals surface area (Å²) in [5.74, 6) is 1.10. The number of thioether (sulfide) groups is 1. The Hall–Kier alpha value is -1.16. The standard InChI is InChI=1S/C13H16O3S/c1-2-17-11-5-3-4-9-6-7-10(8-12(14)15)16-13(9)11/h3-5,10H,2,6-8H2,1H3,(H,14,15). The maximum Gasteiger partial charge on any atom is 0.307 e. The van der Waals surface area contributed by atoms with Crippen LogP contribution < -0.4 is 4.74 Å². The fourth-order valence-electron chi connectivity index (χ4n) is 2.04. The smallest absolute Gasteiger partial charge is 0.307 e. The molecule has 0 amide bonds. The van der Waals surface area contributed by atoms with E-state index in [0.29, 0.717) is 0 Å². The molecule has 92 valence electrons. The second-order valence-electron chi connectivity index (χ2n) is 4.05. The van der Waals surface area contributed by atoms with Gasteiger partial charge in [0.25, 0.3) is 0 Å². The van der Waals surface area contributed by atoms with Crippen LogP contribution in [0.4, 0.5) is 0 Å². The lowest BCUT2D eigenvalue weighted by Gasteiger charge is -2.26. The first-order valence-electron chi connectivity index (χ1n) is 5.84. The van der Waals surface area contributed by atoms with Gasteiger partial charge in [0.1, 0.15) is 11.9 Å². The van der Waals surface area contributed by atoms with E-state index in [2.05, 4.69) is 13.0 Å². The molecule has 1 aromatic carbocycles. The van der Waals surface area contributed by atoms with Crippen molar-refractivity contribution in [3.05, 3.63) is 23.8 Å². The summed E-state index contributed by atoms with van der Waals surface area (Å²) in [6, 6.07) is 6.14. The summed E-state index contributed by atoms with van der Waals surface area (Å²) in [6.45, 7) is 2.10. The summed E-state index contributed by atoms with van der Waals surface area (Å²) >= 11 is 1.74. The molecule has 17 heavy (non-hydrogen) atoms. The molecule has 0 aliphatic carbocycles. The monoisotopic (exact) mass is 252 g/mol. The summed E-state index contributed by atoms with van der Waals surface area (Å²) < 4.78 is 5.82. The summed E-state index contributed by atoms with van der Waals surface area (Å²) in [4.78, 5) is 11.8. The van der Waals surface area contributed by atoms with E-state index in [1.165, 1.54) is 5.56 Å². The molecule has 4 heteroatoms. The molecule has 0 saturated carbocycles. The zero-order valence-corrected chi connectivity index (χ0v) is 10.6. The summed E-state index contributed by atoms with van der Waals surface area (Å²) in [5, 5.41) is 8.80. The third-order valence-corrected chi connectivity index (χ3v) is 3.70. The molecule has 1 N–H and O–H groups in total. The highest BCUT2D eigenvalue weighted by Crippen LogP contribution is 2.37. The van der Waals surface area contributed by atoms with Crippen molar-refractivity contribution < 1.29 is 14.6 Å². The van der Waals surface area contributed by atoms with E-state index in [-0.39, 0.29) is 12.5 Å². The van der Waals surface area contributed by atoms with Crippen LogP contribution in [0.1, 0.15) is 25.3 Å². The zero-order chi connectivity index (χ0) is 12.3. The van der Waals surface area contributed by atoms with Crippen molar-refractivity contribution in [1.82, 2.24) is 0 Å². The van der Waals surface area contributed by atoms with E-state index in [1.54, 1.807) is 11.8 Å². The zero-order valence-electron chi connectivity index (χ0n) is 9.81. The molecular formula is C13H16O3S. The molecule has 1 aromatic rings. The van der Waals surface area contributed by atoms with Gasteiger partial charge in [0, 0.05) is 4.90 Å². The number of rotatable bonds is 4. The minimum atomic E-state index is -0.793. The third-order valence-electron chi connectivity index (χ3n) is 2.78. The van der Waals surface area contributed by atoms with E-state index in [9.17, 15) is 4.79 Å². The second kappa shape index (κ2) is 5.45. The van der Waals surface area contributed by atoms with Crippen LogP contribution in [0, 0.1) is 0 Å². The van der Waals surface area contributed by atoms with Crippen LogP contribution in [0.5, 0.6) is 5.75 Å². The lowest BCUT2D eigenvalue weighted by atomic mass is 10.0. The first kappa shape index (κ1) is 12.3. The Morgan fingerprint density at radius 1 is 1.59 bits per heavy atom. The summed E-state index contributed by atoms with van der Waals surface area (Å²) in [6.07, 6.45) is 1.61. The molecule has 1 heterocycles. The van der Waals surface area contributed by atoms with Gasteiger partial charge in [-0.1, -0.05) is 19.1 Å². The summed E-state index contributed by atoms with van der Waals surface area (Å²) in [7, 11) is 0. The van der Waals surface area contributed by atoms with Crippen LogP contribution in [0.2, 0.25) is 0 Å². The van der Waals surface area contributed by atoms with Crippen molar-refractivity contribution in [1.29, 1.82) is 0 Å². The lowest BCUT2D eigenvalue weighted by molar-refractivity contribution is -0.139. The first-order chi connectivity index (χ1) is 8.20. The van der Waals surface area contributed by atoms with Crippen molar-refractivity contribution in [2.45, 2.75) is 37.2 Å². The fourth-order valence-corrected chi connectivity index (χ4v) is 2.84. The van der Waals surface area contributed by atoms with E-state index >= 15 is 0 Å². The summed E-state index contributed by atoms with van der Waals surface area (Å²) in [5.41, 5.74) is 1.20. The Labute approximate surface area is 105 Å². The highest BCUT2D eigenvalue weighted by molar-refractivity contribution is 7.99. The van der Waals surface area contributed by atoms with Gasteiger partial charge >= 0.3 is 5.97 Å². The van der Waals surface area contributed by atoms with Gasteiger partial charge in [-0.05, 0) is 30.2 Å². The van der Waals surface area contributed by atoms with E-state index in [0.717, 1.165) is 29.2 Å². The SMILES string of the molecule is CCSc1cccc2c1OC(CC(=O)O)CC2. The van der Waals surface area contributed by atoms with Gasteiger partial charge in [-0.3, -0.25) is 4.79 Å². The largest absolute Gasteiger partial charge is 0.488 e. The Bertz CT molecular complexity index is 417. The molecule has 3 nitrogen and oxygen atoms in total. The van der Waals surface area contributed by atoms with Gasteiger partial charge in [-0.2, -0.15) is 0 Å². The number of aryl methyl sites for hydroxylation is 1. The number of ether oxygens (including phenoxy) is 1. The van der Waals surface area contributed by atoms with Gasteiger partial charge in [0.05, 0.1) is 6.42 Å². The number of fused-ring (bicyclic) bond motifs is 1. The fraction of sp³-hybridized carbons (Fsp3) is 0.462. The van der Waals surface area contributed by atoms with Crippen molar-refractivity contribution in [2.75, 3.05) is 5.75 Å². The van der Waals surface area contributed by atoms with Gasteiger partial charge in [0.15, 0.2) is 0 Å². The minimum Gasteiger partial charge on any atom is -0.488 e. The highest BCUT2D eigenvalue weighted by Gasteiger charge is 2.23. The Balaban J connectivity index is 2.19. The number of hydrogen-bond acceptors (Lipinski definition) is 3.